The standard InChI is InChI=1S/C28H29F5O/c1-2-3-4-5-18-8-12-23-21(14-18)10-11-22-15-19(9-13-24(22)23)6-7-20-16-25(29)27(26(30)17-20)34-28(31,32)33/h9,13,15-18,21,23H,2-5,8,10-12,14H2,1H3. The molecule has 1 nitrogen and oxygen atoms in total. The summed E-state index contributed by atoms with van der Waals surface area (Å²) in [5.74, 6) is 3.39. The van der Waals surface area contributed by atoms with E-state index in [-0.39, 0.29) is 5.56 Å². The Morgan fingerprint density at radius 2 is 1.68 bits per heavy atom. The van der Waals surface area contributed by atoms with Crippen molar-refractivity contribution in [2.24, 2.45) is 11.8 Å². The Hall–Kier alpha value is -2.55. The van der Waals surface area contributed by atoms with Gasteiger partial charge in [-0.15, -0.1) is 13.2 Å². The Kier molecular flexibility index (Phi) is 7.50. The molecule has 0 aromatic heterocycles. The van der Waals surface area contributed by atoms with E-state index in [1.165, 1.54) is 62.5 Å². The first-order chi connectivity index (χ1) is 16.2. The Balaban J connectivity index is 1.46. The van der Waals surface area contributed by atoms with Crippen molar-refractivity contribution in [3.05, 3.63) is 64.2 Å². The molecule has 6 heteroatoms. The average Bonchev–Trinajstić information content (AvgIpc) is 2.79. The van der Waals surface area contributed by atoms with Crippen molar-refractivity contribution in [3.63, 3.8) is 0 Å². The zero-order valence-electron chi connectivity index (χ0n) is 19.3. The monoisotopic (exact) mass is 476 g/mol. The molecule has 1 fully saturated rings. The Morgan fingerprint density at radius 3 is 2.38 bits per heavy atom. The highest BCUT2D eigenvalue weighted by Crippen LogP contribution is 2.48. The number of ether oxygens (including phenoxy) is 1. The van der Waals surface area contributed by atoms with Gasteiger partial charge in [-0.3, -0.25) is 0 Å². The van der Waals surface area contributed by atoms with Crippen LogP contribution in [0.3, 0.4) is 0 Å². The van der Waals surface area contributed by atoms with Crippen molar-refractivity contribution in [1.82, 2.24) is 0 Å². The number of aryl methyl sites for hydroxylation is 1. The molecule has 0 N–H and O–H groups in total. The lowest BCUT2D eigenvalue weighted by Gasteiger charge is -2.40. The molecule has 34 heavy (non-hydrogen) atoms. The third-order valence-electron chi connectivity index (χ3n) is 7.20. The molecule has 0 heterocycles. The molecule has 0 radical (unpaired) electrons. The summed E-state index contributed by atoms with van der Waals surface area (Å²) in [7, 11) is 0. The maximum absolute atomic E-state index is 13.9. The normalized spacial score (nSPS) is 21.8. The van der Waals surface area contributed by atoms with Gasteiger partial charge in [-0.1, -0.05) is 50.5 Å². The molecule has 0 amide bonds. The van der Waals surface area contributed by atoms with Crippen LogP contribution in [-0.2, 0) is 6.42 Å². The Morgan fingerprint density at radius 1 is 0.941 bits per heavy atom. The van der Waals surface area contributed by atoms with Gasteiger partial charge in [0.05, 0.1) is 0 Å². The predicted octanol–water partition coefficient (Wildman–Crippen LogP) is 8.29. The first-order valence-electron chi connectivity index (χ1n) is 12.1. The lowest BCUT2D eigenvalue weighted by atomic mass is 9.64. The van der Waals surface area contributed by atoms with Crippen LogP contribution in [-0.4, -0.2) is 6.36 Å². The molecule has 3 unspecified atom stereocenters. The topological polar surface area (TPSA) is 9.23 Å². The maximum atomic E-state index is 13.9. The minimum Gasteiger partial charge on any atom is -0.399 e. The van der Waals surface area contributed by atoms with E-state index in [1.54, 1.807) is 0 Å². The molecular formula is C28H29F5O. The van der Waals surface area contributed by atoms with Gasteiger partial charge in [0, 0.05) is 11.1 Å². The summed E-state index contributed by atoms with van der Waals surface area (Å²) in [6.45, 7) is 2.24. The van der Waals surface area contributed by atoms with Gasteiger partial charge in [-0.25, -0.2) is 8.78 Å². The summed E-state index contributed by atoms with van der Waals surface area (Å²) < 4.78 is 68.2. The maximum Gasteiger partial charge on any atom is 0.573 e. The number of unbranched alkanes of at least 4 members (excludes halogenated alkanes) is 2. The molecule has 2 aliphatic rings. The molecule has 0 aliphatic heterocycles. The second-order valence-corrected chi connectivity index (χ2v) is 9.56. The van der Waals surface area contributed by atoms with Crippen LogP contribution in [0.5, 0.6) is 5.75 Å². The van der Waals surface area contributed by atoms with Crippen molar-refractivity contribution in [1.29, 1.82) is 0 Å². The van der Waals surface area contributed by atoms with Gasteiger partial charge >= 0.3 is 6.36 Å². The molecule has 0 saturated heterocycles. The van der Waals surface area contributed by atoms with E-state index < -0.39 is 23.7 Å². The van der Waals surface area contributed by atoms with E-state index in [4.69, 9.17) is 0 Å². The first kappa shape index (κ1) is 24.6. The van der Waals surface area contributed by atoms with Crippen LogP contribution in [0.4, 0.5) is 22.0 Å². The van der Waals surface area contributed by atoms with Gasteiger partial charge in [-0.05, 0) is 85.3 Å². The highest BCUT2D eigenvalue weighted by molar-refractivity contribution is 5.48. The van der Waals surface area contributed by atoms with Crippen LogP contribution in [0.15, 0.2) is 30.3 Å². The number of fused-ring (bicyclic) bond motifs is 3. The lowest BCUT2D eigenvalue weighted by Crippen LogP contribution is -2.28. The third kappa shape index (κ3) is 5.92. The highest BCUT2D eigenvalue weighted by atomic mass is 19.4. The van der Waals surface area contributed by atoms with Gasteiger partial charge in [-0.2, -0.15) is 0 Å². The fourth-order valence-electron chi connectivity index (χ4n) is 5.63. The van der Waals surface area contributed by atoms with E-state index in [1.807, 2.05) is 12.1 Å². The molecular weight excluding hydrogens is 447 g/mol. The predicted molar refractivity (Wildman–Crippen MR) is 121 cm³/mol. The van der Waals surface area contributed by atoms with Crippen molar-refractivity contribution < 1.29 is 26.7 Å². The molecule has 182 valence electrons. The highest BCUT2D eigenvalue weighted by Gasteiger charge is 2.35. The minimum atomic E-state index is -5.18. The SMILES string of the molecule is CCCCCC1CCC2c3ccc(C#Cc4cc(F)c(OC(F)(F)F)c(F)c4)cc3CCC2C1. The van der Waals surface area contributed by atoms with Gasteiger partial charge in [0.15, 0.2) is 11.6 Å². The van der Waals surface area contributed by atoms with Gasteiger partial charge < -0.3 is 4.74 Å². The second-order valence-electron chi connectivity index (χ2n) is 9.56. The summed E-state index contributed by atoms with van der Waals surface area (Å²) >= 11 is 0. The number of rotatable bonds is 5. The van der Waals surface area contributed by atoms with Gasteiger partial charge in [0.1, 0.15) is 0 Å². The van der Waals surface area contributed by atoms with Crippen LogP contribution >= 0.6 is 0 Å². The molecule has 4 rings (SSSR count). The molecule has 2 aromatic carbocycles. The first-order valence-corrected chi connectivity index (χ1v) is 12.1. The average molecular weight is 477 g/mol. The van der Waals surface area contributed by atoms with E-state index >= 15 is 0 Å². The van der Waals surface area contributed by atoms with E-state index in [9.17, 15) is 22.0 Å². The van der Waals surface area contributed by atoms with Crippen LogP contribution in [0.2, 0.25) is 0 Å². The summed E-state index contributed by atoms with van der Waals surface area (Å²) in [5, 5.41) is 0. The second kappa shape index (κ2) is 10.4. The largest absolute Gasteiger partial charge is 0.573 e. The zero-order chi connectivity index (χ0) is 24.3. The number of hydrogen-bond donors (Lipinski definition) is 0. The van der Waals surface area contributed by atoms with E-state index in [0.717, 1.165) is 36.0 Å². The van der Waals surface area contributed by atoms with Crippen LogP contribution < -0.4 is 4.74 Å². The van der Waals surface area contributed by atoms with Crippen molar-refractivity contribution in [3.8, 4) is 17.6 Å². The van der Waals surface area contributed by atoms with Crippen LogP contribution in [0.25, 0.3) is 0 Å². The Bertz CT molecular complexity index is 1060. The molecule has 2 aliphatic carbocycles. The minimum absolute atomic E-state index is 0.0521. The number of halogens is 5. The molecule has 0 spiro atoms. The fourth-order valence-corrected chi connectivity index (χ4v) is 5.63. The van der Waals surface area contributed by atoms with Crippen molar-refractivity contribution >= 4 is 0 Å². The number of benzene rings is 2. The quantitative estimate of drug-likeness (QED) is 0.240. The van der Waals surface area contributed by atoms with E-state index in [0.29, 0.717) is 5.92 Å². The van der Waals surface area contributed by atoms with Gasteiger partial charge in [0.2, 0.25) is 5.75 Å². The third-order valence-corrected chi connectivity index (χ3v) is 7.20. The number of alkyl halides is 3. The summed E-state index contributed by atoms with van der Waals surface area (Å²) in [5.41, 5.74) is 3.36. The van der Waals surface area contributed by atoms with Crippen LogP contribution in [0.1, 0.15) is 86.5 Å². The summed E-state index contributed by atoms with van der Waals surface area (Å²) in [6.07, 6.45) is 6.11. The molecule has 1 saturated carbocycles. The molecule has 3 atom stereocenters. The van der Waals surface area contributed by atoms with Crippen molar-refractivity contribution in [2.75, 3.05) is 0 Å². The summed E-state index contributed by atoms with van der Waals surface area (Å²) in [6, 6.07) is 7.60. The lowest BCUT2D eigenvalue weighted by molar-refractivity contribution is -0.276. The Labute approximate surface area is 197 Å². The van der Waals surface area contributed by atoms with E-state index in [2.05, 4.69) is 29.6 Å². The fraction of sp³-hybridized carbons (Fsp3) is 0.500. The van der Waals surface area contributed by atoms with Crippen molar-refractivity contribution in [2.45, 2.75) is 77.0 Å². The molecule has 0 bridgehead atoms. The molecule has 2 aromatic rings. The smallest absolute Gasteiger partial charge is 0.399 e. The van der Waals surface area contributed by atoms with Gasteiger partial charge in [0.25, 0.3) is 0 Å². The summed E-state index contributed by atoms with van der Waals surface area (Å²) in [4.78, 5) is 0. The zero-order valence-corrected chi connectivity index (χ0v) is 19.3. The van der Waals surface area contributed by atoms with Crippen LogP contribution in [0, 0.1) is 35.3 Å². The number of hydrogen-bond acceptors (Lipinski definition) is 1.